The van der Waals surface area contributed by atoms with Gasteiger partial charge in [-0.25, -0.2) is 4.68 Å². The maximum absolute atomic E-state index is 9.45. The van der Waals surface area contributed by atoms with Gasteiger partial charge in [-0.2, -0.15) is 5.10 Å². The molecule has 0 aromatic carbocycles. The molecule has 0 amide bonds. The van der Waals surface area contributed by atoms with Crippen LogP contribution >= 0.6 is 0 Å². The van der Waals surface area contributed by atoms with Crippen LogP contribution in [0.2, 0.25) is 0 Å². The standard InChI is InChI=1S/C10H20N4O2/c1-3-4-14-10(8(11)5-13-14)12-6-9(16)7(2)15/h5,7,9,12,15-16H,3-4,6,11H2,1-2H3. The van der Waals surface area contributed by atoms with Gasteiger partial charge in [-0.15, -0.1) is 0 Å². The van der Waals surface area contributed by atoms with E-state index in [0.29, 0.717) is 11.5 Å². The Morgan fingerprint density at radius 3 is 2.81 bits per heavy atom. The lowest BCUT2D eigenvalue weighted by Gasteiger charge is -2.16. The van der Waals surface area contributed by atoms with Gasteiger partial charge < -0.3 is 21.3 Å². The van der Waals surface area contributed by atoms with Crippen LogP contribution in [0.25, 0.3) is 0 Å². The fourth-order valence-electron chi connectivity index (χ4n) is 1.35. The van der Waals surface area contributed by atoms with Gasteiger partial charge in [0, 0.05) is 13.1 Å². The monoisotopic (exact) mass is 228 g/mol. The largest absolute Gasteiger partial charge is 0.394 e. The summed E-state index contributed by atoms with van der Waals surface area (Å²) in [4.78, 5) is 0. The number of aryl methyl sites for hydroxylation is 1. The first kappa shape index (κ1) is 12.8. The second kappa shape index (κ2) is 5.72. The summed E-state index contributed by atoms with van der Waals surface area (Å²) in [7, 11) is 0. The Labute approximate surface area is 95.1 Å². The number of nitrogens with two attached hydrogens (primary N) is 1. The van der Waals surface area contributed by atoms with Gasteiger partial charge in [0.2, 0.25) is 0 Å². The van der Waals surface area contributed by atoms with Gasteiger partial charge in [0.05, 0.1) is 24.1 Å². The lowest BCUT2D eigenvalue weighted by Crippen LogP contribution is -2.31. The number of rotatable bonds is 6. The van der Waals surface area contributed by atoms with E-state index in [9.17, 15) is 5.11 Å². The van der Waals surface area contributed by atoms with Crippen molar-refractivity contribution in [1.82, 2.24) is 9.78 Å². The van der Waals surface area contributed by atoms with E-state index in [1.165, 1.54) is 0 Å². The average Bonchev–Trinajstić information content (AvgIpc) is 2.57. The first-order valence-electron chi connectivity index (χ1n) is 5.47. The van der Waals surface area contributed by atoms with Crippen molar-refractivity contribution in [2.75, 3.05) is 17.6 Å². The third kappa shape index (κ3) is 3.11. The summed E-state index contributed by atoms with van der Waals surface area (Å²) in [6, 6.07) is 0. The van der Waals surface area contributed by atoms with Gasteiger partial charge in [0.1, 0.15) is 5.82 Å². The second-order valence-electron chi connectivity index (χ2n) is 3.86. The fraction of sp³-hybridized carbons (Fsp3) is 0.700. The second-order valence-corrected chi connectivity index (χ2v) is 3.86. The van der Waals surface area contributed by atoms with E-state index in [1.54, 1.807) is 17.8 Å². The molecule has 0 saturated heterocycles. The number of nitrogens with one attached hydrogen (secondary N) is 1. The molecule has 1 rings (SSSR count). The highest BCUT2D eigenvalue weighted by Crippen LogP contribution is 2.17. The number of hydrogen-bond acceptors (Lipinski definition) is 5. The molecule has 16 heavy (non-hydrogen) atoms. The van der Waals surface area contributed by atoms with Crippen LogP contribution in [0.3, 0.4) is 0 Å². The van der Waals surface area contributed by atoms with Crippen molar-refractivity contribution >= 4 is 11.5 Å². The predicted octanol–water partition coefficient (Wildman–Crippen LogP) is 0.0289. The SMILES string of the molecule is CCCn1ncc(N)c1NCC(O)C(C)O. The maximum atomic E-state index is 9.45. The van der Waals surface area contributed by atoms with Crippen molar-refractivity contribution in [2.45, 2.75) is 39.0 Å². The van der Waals surface area contributed by atoms with Crippen LogP contribution in [-0.2, 0) is 6.54 Å². The summed E-state index contributed by atoms with van der Waals surface area (Å²) in [6.45, 7) is 4.60. The Morgan fingerprint density at radius 2 is 2.25 bits per heavy atom. The van der Waals surface area contributed by atoms with Crippen LogP contribution in [-0.4, -0.2) is 38.7 Å². The topological polar surface area (TPSA) is 96.3 Å². The van der Waals surface area contributed by atoms with Gasteiger partial charge >= 0.3 is 0 Å². The predicted molar refractivity (Wildman–Crippen MR) is 63.1 cm³/mol. The molecule has 0 radical (unpaired) electrons. The molecule has 1 aromatic heterocycles. The summed E-state index contributed by atoms with van der Waals surface area (Å²) in [5.74, 6) is 0.696. The fourth-order valence-corrected chi connectivity index (χ4v) is 1.35. The Morgan fingerprint density at radius 1 is 1.56 bits per heavy atom. The van der Waals surface area contributed by atoms with Crippen LogP contribution in [0.1, 0.15) is 20.3 Å². The van der Waals surface area contributed by atoms with Crippen molar-refractivity contribution in [3.05, 3.63) is 6.20 Å². The normalized spacial score (nSPS) is 14.8. The molecule has 5 N–H and O–H groups in total. The minimum absolute atomic E-state index is 0.247. The highest BCUT2D eigenvalue weighted by molar-refractivity contribution is 5.60. The summed E-state index contributed by atoms with van der Waals surface area (Å²) in [5.41, 5.74) is 6.29. The van der Waals surface area contributed by atoms with Crippen LogP contribution in [0.15, 0.2) is 6.20 Å². The number of hydrogen-bond donors (Lipinski definition) is 4. The molecule has 0 spiro atoms. The number of aliphatic hydroxyl groups is 2. The lowest BCUT2D eigenvalue weighted by atomic mass is 10.2. The van der Waals surface area contributed by atoms with Gasteiger partial charge in [0.15, 0.2) is 0 Å². The zero-order chi connectivity index (χ0) is 12.1. The van der Waals surface area contributed by atoms with Gasteiger partial charge in [0.25, 0.3) is 0 Å². The summed E-state index contributed by atoms with van der Waals surface area (Å²) in [5, 5.41) is 25.7. The molecule has 1 aromatic rings. The highest BCUT2D eigenvalue weighted by atomic mass is 16.3. The summed E-state index contributed by atoms with van der Waals surface area (Å²) in [6.07, 6.45) is 0.947. The molecule has 0 fully saturated rings. The number of aliphatic hydroxyl groups excluding tert-OH is 2. The Kier molecular flexibility index (Phi) is 4.57. The molecule has 0 saturated carbocycles. The quantitative estimate of drug-likeness (QED) is 0.551. The zero-order valence-electron chi connectivity index (χ0n) is 9.72. The molecule has 0 bridgehead atoms. The van der Waals surface area contributed by atoms with Gasteiger partial charge in [-0.3, -0.25) is 0 Å². The molecule has 0 aliphatic carbocycles. The first-order chi connectivity index (χ1) is 7.56. The summed E-state index contributed by atoms with van der Waals surface area (Å²) >= 11 is 0. The van der Waals surface area contributed by atoms with Crippen molar-refractivity contribution in [1.29, 1.82) is 0 Å². The van der Waals surface area contributed by atoms with Crippen molar-refractivity contribution < 1.29 is 10.2 Å². The zero-order valence-corrected chi connectivity index (χ0v) is 9.72. The molecule has 2 atom stereocenters. The Hall–Kier alpha value is -1.27. The number of aromatic nitrogens is 2. The Bertz CT molecular complexity index is 325. The molecule has 0 aliphatic heterocycles. The number of nitrogens with zero attached hydrogens (tertiary/aromatic N) is 2. The average molecular weight is 228 g/mol. The van der Waals surface area contributed by atoms with E-state index in [0.717, 1.165) is 13.0 Å². The number of anilines is 2. The van der Waals surface area contributed by atoms with Gasteiger partial charge in [-0.1, -0.05) is 6.92 Å². The smallest absolute Gasteiger partial charge is 0.147 e. The van der Waals surface area contributed by atoms with E-state index in [1.807, 2.05) is 6.92 Å². The molecule has 2 unspecified atom stereocenters. The molecule has 92 valence electrons. The maximum Gasteiger partial charge on any atom is 0.147 e. The molecular weight excluding hydrogens is 208 g/mol. The number of nitrogen functional groups attached to an aromatic ring is 1. The van der Waals surface area contributed by atoms with Crippen LogP contribution in [0.5, 0.6) is 0 Å². The lowest BCUT2D eigenvalue weighted by molar-refractivity contribution is 0.0399. The van der Waals surface area contributed by atoms with Gasteiger partial charge in [-0.05, 0) is 13.3 Å². The third-order valence-corrected chi connectivity index (χ3v) is 2.34. The Balaban J connectivity index is 2.61. The highest BCUT2D eigenvalue weighted by Gasteiger charge is 2.13. The molecule has 1 heterocycles. The summed E-state index contributed by atoms with van der Waals surface area (Å²) < 4.78 is 1.75. The first-order valence-corrected chi connectivity index (χ1v) is 5.47. The molecular formula is C10H20N4O2. The van der Waals surface area contributed by atoms with E-state index in [4.69, 9.17) is 10.8 Å². The van der Waals surface area contributed by atoms with Crippen LogP contribution in [0.4, 0.5) is 11.5 Å². The van der Waals surface area contributed by atoms with Crippen LogP contribution < -0.4 is 11.1 Å². The molecule has 6 nitrogen and oxygen atoms in total. The van der Waals surface area contributed by atoms with Crippen molar-refractivity contribution in [2.24, 2.45) is 0 Å². The van der Waals surface area contributed by atoms with E-state index in [2.05, 4.69) is 10.4 Å². The van der Waals surface area contributed by atoms with E-state index < -0.39 is 12.2 Å². The van der Waals surface area contributed by atoms with E-state index >= 15 is 0 Å². The van der Waals surface area contributed by atoms with E-state index in [-0.39, 0.29) is 6.54 Å². The van der Waals surface area contributed by atoms with Crippen LogP contribution in [0, 0.1) is 0 Å². The minimum Gasteiger partial charge on any atom is -0.394 e. The van der Waals surface area contributed by atoms with Crippen molar-refractivity contribution in [3.63, 3.8) is 0 Å². The minimum atomic E-state index is -0.815. The van der Waals surface area contributed by atoms with Crippen molar-refractivity contribution in [3.8, 4) is 0 Å². The third-order valence-electron chi connectivity index (χ3n) is 2.34. The molecule has 0 aliphatic rings. The molecule has 6 heteroatoms.